The molecule has 1 amide bonds. The minimum absolute atomic E-state index is 0.0397. The number of rotatable bonds is 7. The highest BCUT2D eigenvalue weighted by Crippen LogP contribution is 2.25. The molecule has 2 rings (SSSR count). The summed E-state index contributed by atoms with van der Waals surface area (Å²) in [6.07, 6.45) is 2.90. The molecule has 1 fully saturated rings. The first-order valence-corrected chi connectivity index (χ1v) is 11.7. The average Bonchev–Trinajstić information content (AvgIpc) is 2.66. The maximum atomic E-state index is 12.7. The van der Waals surface area contributed by atoms with Gasteiger partial charge in [0.2, 0.25) is 10.0 Å². The maximum absolute atomic E-state index is 12.7. The van der Waals surface area contributed by atoms with Crippen LogP contribution in [0.3, 0.4) is 0 Å². The number of carbonyl (C=O) groups is 2. The smallest absolute Gasteiger partial charge is 0.340 e. The van der Waals surface area contributed by atoms with Crippen molar-refractivity contribution in [2.45, 2.75) is 63.9 Å². The summed E-state index contributed by atoms with van der Waals surface area (Å²) in [5.41, 5.74) is -0.0764. The van der Waals surface area contributed by atoms with Crippen LogP contribution in [-0.4, -0.2) is 61.3 Å². The zero-order chi connectivity index (χ0) is 21.8. The van der Waals surface area contributed by atoms with Crippen LogP contribution in [0, 0.1) is 0 Å². The van der Waals surface area contributed by atoms with Crippen LogP contribution in [-0.2, 0) is 19.6 Å². The molecular formula is C20H29ClN2O5S. The molecule has 7 nitrogen and oxygen atoms in total. The van der Waals surface area contributed by atoms with E-state index in [1.165, 1.54) is 22.5 Å². The van der Waals surface area contributed by atoms with Gasteiger partial charge in [-0.15, -0.1) is 0 Å². The summed E-state index contributed by atoms with van der Waals surface area (Å²) in [5, 5.41) is 0.0701. The van der Waals surface area contributed by atoms with Gasteiger partial charge in [-0.1, -0.05) is 25.4 Å². The number of halogens is 1. The summed E-state index contributed by atoms with van der Waals surface area (Å²) < 4.78 is 31.9. The second-order valence-electron chi connectivity index (χ2n) is 7.24. The molecule has 0 spiro atoms. The van der Waals surface area contributed by atoms with E-state index >= 15 is 0 Å². The van der Waals surface area contributed by atoms with Gasteiger partial charge in [-0.05, 0) is 51.3 Å². The van der Waals surface area contributed by atoms with Crippen LogP contribution in [0.15, 0.2) is 23.1 Å². The molecule has 1 heterocycles. The van der Waals surface area contributed by atoms with Crippen LogP contribution in [0.2, 0.25) is 5.02 Å². The molecule has 29 heavy (non-hydrogen) atoms. The Kier molecular flexibility index (Phi) is 8.08. The number of carbonyl (C=O) groups excluding carboxylic acids is 2. The SMILES string of the molecule is CCN(CC)S(=O)(=O)c1ccc(Cl)c(C(=O)OCC(=O)N2C(C)CCCC2C)c1. The van der Waals surface area contributed by atoms with Crippen molar-refractivity contribution in [3.05, 3.63) is 28.8 Å². The van der Waals surface area contributed by atoms with Gasteiger partial charge in [-0.3, -0.25) is 4.79 Å². The first kappa shape index (κ1) is 23.6. The molecule has 162 valence electrons. The number of esters is 1. The van der Waals surface area contributed by atoms with E-state index < -0.39 is 22.6 Å². The van der Waals surface area contributed by atoms with E-state index in [2.05, 4.69) is 0 Å². The van der Waals surface area contributed by atoms with Gasteiger partial charge in [0.05, 0.1) is 15.5 Å². The highest BCUT2D eigenvalue weighted by atomic mass is 35.5. The third-order valence-electron chi connectivity index (χ3n) is 5.31. The average molecular weight is 445 g/mol. The van der Waals surface area contributed by atoms with Gasteiger partial charge in [0, 0.05) is 25.2 Å². The number of hydrogen-bond acceptors (Lipinski definition) is 5. The minimum Gasteiger partial charge on any atom is -0.452 e. The molecule has 1 saturated heterocycles. The van der Waals surface area contributed by atoms with Crippen molar-refractivity contribution in [2.24, 2.45) is 0 Å². The van der Waals surface area contributed by atoms with Gasteiger partial charge in [0.1, 0.15) is 0 Å². The molecule has 0 aliphatic carbocycles. The maximum Gasteiger partial charge on any atom is 0.340 e. The lowest BCUT2D eigenvalue weighted by molar-refractivity contribution is -0.140. The molecule has 0 N–H and O–H groups in total. The van der Waals surface area contributed by atoms with Gasteiger partial charge in [-0.2, -0.15) is 4.31 Å². The summed E-state index contributed by atoms with van der Waals surface area (Å²) in [5.74, 6) is -1.08. The first-order chi connectivity index (χ1) is 13.6. The third kappa shape index (κ3) is 5.29. The van der Waals surface area contributed by atoms with E-state index in [9.17, 15) is 18.0 Å². The fraction of sp³-hybridized carbons (Fsp3) is 0.600. The van der Waals surface area contributed by atoms with E-state index in [4.69, 9.17) is 16.3 Å². The van der Waals surface area contributed by atoms with E-state index in [-0.39, 0.29) is 33.5 Å². The summed E-state index contributed by atoms with van der Waals surface area (Å²) in [6, 6.07) is 4.10. The van der Waals surface area contributed by atoms with Crippen molar-refractivity contribution in [1.82, 2.24) is 9.21 Å². The highest BCUT2D eigenvalue weighted by Gasteiger charge is 2.30. The second-order valence-corrected chi connectivity index (χ2v) is 9.58. The van der Waals surface area contributed by atoms with Gasteiger partial charge >= 0.3 is 5.97 Å². The van der Waals surface area contributed by atoms with E-state index in [0.29, 0.717) is 13.1 Å². The van der Waals surface area contributed by atoms with Crippen LogP contribution < -0.4 is 0 Å². The standard InChI is InChI=1S/C20H29ClN2O5S/c1-5-22(6-2)29(26,27)16-10-11-18(21)17(12-16)20(25)28-13-19(24)23-14(3)8-7-9-15(23)4/h10-12,14-15H,5-9,13H2,1-4H3. The molecule has 1 aromatic rings. The van der Waals surface area contributed by atoms with Crippen LogP contribution in [0.4, 0.5) is 0 Å². The molecule has 1 aliphatic rings. The monoisotopic (exact) mass is 444 g/mol. The zero-order valence-corrected chi connectivity index (χ0v) is 18.9. The quantitative estimate of drug-likeness (QED) is 0.602. The van der Waals surface area contributed by atoms with Crippen molar-refractivity contribution in [3.63, 3.8) is 0 Å². The predicted octanol–water partition coefficient (Wildman–Crippen LogP) is 3.32. The molecule has 0 aromatic heterocycles. The number of hydrogen-bond donors (Lipinski definition) is 0. The molecular weight excluding hydrogens is 416 g/mol. The number of amides is 1. The Hall–Kier alpha value is -1.64. The largest absolute Gasteiger partial charge is 0.452 e. The molecule has 2 atom stereocenters. The van der Waals surface area contributed by atoms with Crippen molar-refractivity contribution < 1.29 is 22.7 Å². The van der Waals surface area contributed by atoms with Crippen molar-refractivity contribution in [3.8, 4) is 0 Å². The van der Waals surface area contributed by atoms with E-state index in [1.54, 1.807) is 18.7 Å². The van der Waals surface area contributed by atoms with Gasteiger partial charge in [-0.25, -0.2) is 13.2 Å². The molecule has 1 aliphatic heterocycles. The zero-order valence-electron chi connectivity index (χ0n) is 17.4. The number of ether oxygens (including phenoxy) is 1. The number of nitrogens with zero attached hydrogens (tertiary/aromatic N) is 2. The Labute approximate surface area is 178 Å². The summed E-state index contributed by atoms with van der Waals surface area (Å²) >= 11 is 6.09. The summed E-state index contributed by atoms with van der Waals surface area (Å²) in [7, 11) is -3.75. The topological polar surface area (TPSA) is 84.0 Å². The minimum atomic E-state index is -3.75. The van der Waals surface area contributed by atoms with Crippen LogP contribution in [0.5, 0.6) is 0 Å². The van der Waals surface area contributed by atoms with Crippen molar-refractivity contribution in [2.75, 3.05) is 19.7 Å². The summed E-state index contributed by atoms with van der Waals surface area (Å²) in [6.45, 7) is 7.64. The number of likely N-dealkylation sites (tertiary alicyclic amines) is 1. The molecule has 0 radical (unpaired) electrons. The van der Waals surface area contributed by atoms with Crippen molar-refractivity contribution in [1.29, 1.82) is 0 Å². The fourth-order valence-corrected chi connectivity index (χ4v) is 5.41. The van der Waals surface area contributed by atoms with E-state index in [1.807, 2.05) is 13.8 Å². The van der Waals surface area contributed by atoms with Gasteiger partial charge in [0.25, 0.3) is 5.91 Å². The number of benzene rings is 1. The second kappa shape index (κ2) is 9.91. The first-order valence-electron chi connectivity index (χ1n) is 9.91. The van der Waals surface area contributed by atoms with Crippen LogP contribution in [0.1, 0.15) is 57.3 Å². The molecule has 9 heteroatoms. The fourth-order valence-electron chi connectivity index (χ4n) is 3.73. The lowest BCUT2D eigenvalue weighted by Crippen LogP contribution is -2.49. The van der Waals surface area contributed by atoms with Gasteiger partial charge < -0.3 is 9.64 Å². The molecule has 2 unspecified atom stereocenters. The highest BCUT2D eigenvalue weighted by molar-refractivity contribution is 7.89. The normalized spacial score (nSPS) is 20.0. The Morgan fingerprint density at radius 1 is 1.17 bits per heavy atom. The summed E-state index contributed by atoms with van der Waals surface area (Å²) in [4.78, 5) is 26.8. The predicted molar refractivity (Wildman–Crippen MR) is 111 cm³/mol. The van der Waals surface area contributed by atoms with Crippen molar-refractivity contribution >= 4 is 33.5 Å². The lowest BCUT2D eigenvalue weighted by Gasteiger charge is -2.38. The van der Waals surface area contributed by atoms with Gasteiger partial charge in [0.15, 0.2) is 6.61 Å². The Bertz CT molecular complexity index is 844. The van der Waals surface area contributed by atoms with Crippen LogP contribution >= 0.6 is 11.6 Å². The molecule has 0 saturated carbocycles. The van der Waals surface area contributed by atoms with Crippen LogP contribution in [0.25, 0.3) is 0 Å². The molecule has 1 aromatic carbocycles. The Morgan fingerprint density at radius 3 is 2.31 bits per heavy atom. The Balaban J connectivity index is 2.16. The lowest BCUT2D eigenvalue weighted by atomic mass is 9.97. The molecule has 0 bridgehead atoms. The third-order valence-corrected chi connectivity index (χ3v) is 7.68. The number of piperidine rings is 1. The Morgan fingerprint density at radius 2 is 1.76 bits per heavy atom. The number of sulfonamides is 1. The van der Waals surface area contributed by atoms with E-state index in [0.717, 1.165) is 19.3 Å².